The molecule has 0 bridgehead atoms. The summed E-state index contributed by atoms with van der Waals surface area (Å²) < 4.78 is 15.2. The minimum absolute atomic E-state index is 0.0391. The molecular formula is C21H15FN2O2S2. The number of aromatic nitrogens is 2. The van der Waals surface area contributed by atoms with Crippen LogP contribution in [0.4, 0.5) is 4.39 Å². The summed E-state index contributed by atoms with van der Waals surface area (Å²) in [6, 6.07) is 14.6. The molecule has 0 N–H and O–H groups in total. The molecule has 2 heterocycles. The van der Waals surface area contributed by atoms with Crippen LogP contribution in [0.15, 0.2) is 69.9 Å². The standard InChI is InChI=1S/C21H15FN2O2S2/c1-24-20(26)19-17(10-11-27-19)23-21(24)28-12-13-2-4-14(5-3-13)18(25)15-6-8-16(22)9-7-15/h2-11H,12H2,1H3. The lowest BCUT2D eigenvalue weighted by atomic mass is 10.0. The second kappa shape index (κ2) is 7.69. The maximum atomic E-state index is 13.0. The van der Waals surface area contributed by atoms with Crippen molar-refractivity contribution in [2.45, 2.75) is 10.9 Å². The van der Waals surface area contributed by atoms with Crippen LogP contribution in [-0.4, -0.2) is 15.3 Å². The van der Waals surface area contributed by atoms with Gasteiger partial charge >= 0.3 is 0 Å². The Morgan fingerprint density at radius 1 is 1.07 bits per heavy atom. The van der Waals surface area contributed by atoms with Crippen molar-refractivity contribution in [2.75, 3.05) is 0 Å². The molecule has 4 rings (SSSR count). The first-order chi connectivity index (χ1) is 13.5. The average molecular weight is 410 g/mol. The summed E-state index contributed by atoms with van der Waals surface area (Å²) in [6.07, 6.45) is 0. The molecule has 0 radical (unpaired) electrons. The first-order valence-corrected chi connectivity index (χ1v) is 10.4. The van der Waals surface area contributed by atoms with Crippen LogP contribution >= 0.6 is 23.1 Å². The number of thiophene rings is 1. The lowest BCUT2D eigenvalue weighted by molar-refractivity contribution is 0.103. The van der Waals surface area contributed by atoms with Crippen LogP contribution in [-0.2, 0) is 12.8 Å². The van der Waals surface area contributed by atoms with E-state index in [1.54, 1.807) is 23.7 Å². The fourth-order valence-electron chi connectivity index (χ4n) is 2.77. The van der Waals surface area contributed by atoms with Gasteiger partial charge in [-0.2, -0.15) is 0 Å². The molecule has 2 aromatic heterocycles. The minimum atomic E-state index is -0.368. The van der Waals surface area contributed by atoms with Gasteiger partial charge in [-0.05, 0) is 41.3 Å². The van der Waals surface area contributed by atoms with Crippen molar-refractivity contribution in [3.8, 4) is 0 Å². The van der Waals surface area contributed by atoms with Crippen molar-refractivity contribution in [1.29, 1.82) is 0 Å². The Morgan fingerprint density at radius 3 is 2.39 bits per heavy atom. The van der Waals surface area contributed by atoms with Gasteiger partial charge in [-0.1, -0.05) is 36.0 Å². The molecule has 0 aliphatic rings. The molecule has 2 aromatic carbocycles. The van der Waals surface area contributed by atoms with Crippen LogP contribution in [0.3, 0.4) is 0 Å². The Hall–Kier alpha value is -2.77. The van der Waals surface area contributed by atoms with Gasteiger partial charge in [0.15, 0.2) is 10.9 Å². The summed E-state index contributed by atoms with van der Waals surface area (Å²) >= 11 is 2.87. The van der Waals surface area contributed by atoms with Gasteiger partial charge in [0.05, 0.1) is 5.52 Å². The van der Waals surface area contributed by atoms with E-state index in [-0.39, 0.29) is 17.2 Å². The number of ketones is 1. The first kappa shape index (κ1) is 18.6. The third kappa shape index (κ3) is 3.63. The van der Waals surface area contributed by atoms with E-state index in [0.717, 1.165) is 11.1 Å². The monoisotopic (exact) mass is 410 g/mol. The Kier molecular flexibility index (Phi) is 5.11. The lowest BCUT2D eigenvalue weighted by Crippen LogP contribution is -2.18. The fraction of sp³-hybridized carbons (Fsp3) is 0.0952. The molecule has 4 nitrogen and oxygen atoms in total. The topological polar surface area (TPSA) is 52.0 Å². The number of halogens is 1. The largest absolute Gasteiger partial charge is 0.290 e. The van der Waals surface area contributed by atoms with E-state index in [0.29, 0.717) is 26.7 Å². The van der Waals surface area contributed by atoms with Gasteiger partial charge < -0.3 is 0 Å². The molecule has 0 saturated carbocycles. The van der Waals surface area contributed by atoms with Gasteiger partial charge in [-0.3, -0.25) is 14.2 Å². The Morgan fingerprint density at radius 2 is 1.71 bits per heavy atom. The molecular weight excluding hydrogens is 395 g/mol. The number of thioether (sulfide) groups is 1. The van der Waals surface area contributed by atoms with E-state index < -0.39 is 0 Å². The molecule has 0 fully saturated rings. The predicted octanol–water partition coefficient (Wildman–Crippen LogP) is 4.66. The maximum absolute atomic E-state index is 13.0. The van der Waals surface area contributed by atoms with Crippen molar-refractivity contribution in [3.05, 3.63) is 92.8 Å². The van der Waals surface area contributed by atoms with Gasteiger partial charge in [0.1, 0.15) is 10.5 Å². The minimum Gasteiger partial charge on any atom is -0.290 e. The Balaban J connectivity index is 1.49. The molecule has 140 valence electrons. The van der Waals surface area contributed by atoms with Crippen LogP contribution in [0.1, 0.15) is 21.5 Å². The van der Waals surface area contributed by atoms with Crippen molar-refractivity contribution in [3.63, 3.8) is 0 Å². The van der Waals surface area contributed by atoms with Gasteiger partial charge in [-0.25, -0.2) is 9.37 Å². The van der Waals surface area contributed by atoms with Crippen LogP contribution in [0.2, 0.25) is 0 Å². The van der Waals surface area contributed by atoms with E-state index in [1.807, 2.05) is 23.6 Å². The maximum Gasteiger partial charge on any atom is 0.271 e. The Labute approximate surface area is 168 Å². The first-order valence-electron chi connectivity index (χ1n) is 8.49. The molecule has 7 heteroatoms. The number of fused-ring (bicyclic) bond motifs is 1. The zero-order valence-electron chi connectivity index (χ0n) is 14.9. The summed E-state index contributed by atoms with van der Waals surface area (Å²) in [5, 5.41) is 2.52. The molecule has 4 aromatic rings. The van der Waals surface area contributed by atoms with E-state index in [4.69, 9.17) is 0 Å². The van der Waals surface area contributed by atoms with Crippen LogP contribution in [0, 0.1) is 5.82 Å². The number of hydrogen-bond donors (Lipinski definition) is 0. The molecule has 0 aliphatic heterocycles. The number of hydrogen-bond acceptors (Lipinski definition) is 5. The van der Waals surface area contributed by atoms with E-state index in [9.17, 15) is 14.0 Å². The van der Waals surface area contributed by atoms with Crippen molar-refractivity contribution < 1.29 is 9.18 Å². The number of rotatable bonds is 5. The summed E-state index contributed by atoms with van der Waals surface area (Å²) in [5.41, 5.74) is 2.69. The smallest absolute Gasteiger partial charge is 0.271 e. The molecule has 0 unspecified atom stereocenters. The van der Waals surface area contributed by atoms with Crippen molar-refractivity contribution in [2.24, 2.45) is 7.05 Å². The SMILES string of the molecule is Cn1c(SCc2ccc(C(=O)c3ccc(F)cc3)cc2)nc2ccsc2c1=O. The highest BCUT2D eigenvalue weighted by molar-refractivity contribution is 7.98. The summed E-state index contributed by atoms with van der Waals surface area (Å²) in [4.78, 5) is 29.4. The van der Waals surface area contributed by atoms with E-state index in [1.165, 1.54) is 47.4 Å². The molecule has 0 amide bonds. The number of carbonyl (C=O) groups excluding carboxylic acids is 1. The number of benzene rings is 2. The second-order valence-electron chi connectivity index (χ2n) is 6.22. The zero-order valence-corrected chi connectivity index (χ0v) is 16.5. The number of nitrogens with zero attached hydrogens (tertiary/aromatic N) is 2. The van der Waals surface area contributed by atoms with Crippen LogP contribution in [0.5, 0.6) is 0 Å². The molecule has 0 aliphatic carbocycles. The Bertz CT molecular complexity index is 1210. The second-order valence-corrected chi connectivity index (χ2v) is 8.07. The van der Waals surface area contributed by atoms with Crippen LogP contribution < -0.4 is 5.56 Å². The highest BCUT2D eigenvalue weighted by Crippen LogP contribution is 2.23. The van der Waals surface area contributed by atoms with Crippen molar-refractivity contribution in [1.82, 2.24) is 9.55 Å². The molecule has 0 atom stereocenters. The normalized spacial score (nSPS) is 11.1. The molecule has 0 spiro atoms. The van der Waals surface area contributed by atoms with Gasteiger partial charge in [-0.15, -0.1) is 11.3 Å². The predicted molar refractivity (Wildman–Crippen MR) is 111 cm³/mol. The van der Waals surface area contributed by atoms with Crippen LogP contribution in [0.25, 0.3) is 10.2 Å². The zero-order chi connectivity index (χ0) is 19.7. The third-order valence-electron chi connectivity index (χ3n) is 4.34. The quantitative estimate of drug-likeness (QED) is 0.273. The van der Waals surface area contributed by atoms with Gasteiger partial charge in [0, 0.05) is 23.9 Å². The third-order valence-corrected chi connectivity index (χ3v) is 6.33. The molecule has 28 heavy (non-hydrogen) atoms. The highest BCUT2D eigenvalue weighted by Gasteiger charge is 2.11. The van der Waals surface area contributed by atoms with Crippen molar-refractivity contribution >= 4 is 39.1 Å². The van der Waals surface area contributed by atoms with E-state index in [2.05, 4.69) is 4.98 Å². The van der Waals surface area contributed by atoms with E-state index >= 15 is 0 Å². The lowest BCUT2D eigenvalue weighted by Gasteiger charge is -2.08. The summed E-state index contributed by atoms with van der Waals surface area (Å²) in [7, 11) is 1.72. The number of carbonyl (C=O) groups is 1. The van der Waals surface area contributed by atoms with Gasteiger partial charge in [0.2, 0.25) is 0 Å². The van der Waals surface area contributed by atoms with Gasteiger partial charge in [0.25, 0.3) is 5.56 Å². The summed E-state index contributed by atoms with van der Waals surface area (Å²) in [6.45, 7) is 0. The average Bonchev–Trinajstić information content (AvgIpc) is 3.19. The molecule has 0 saturated heterocycles. The summed E-state index contributed by atoms with van der Waals surface area (Å²) in [5.74, 6) is 0.111. The fourth-order valence-corrected chi connectivity index (χ4v) is 4.50. The highest BCUT2D eigenvalue weighted by atomic mass is 32.2.